The molecule has 2 saturated carbocycles. The molecule has 2 amide bonds. The first kappa shape index (κ1) is 28.1. The van der Waals surface area contributed by atoms with Crippen LogP contribution < -0.4 is 5.73 Å². The van der Waals surface area contributed by atoms with Crippen molar-refractivity contribution in [3.63, 3.8) is 0 Å². The molecule has 0 aliphatic heterocycles. The number of carbonyl (C=O) groups excluding carboxylic acids is 2. The van der Waals surface area contributed by atoms with Gasteiger partial charge in [-0.15, -0.1) is 0 Å². The van der Waals surface area contributed by atoms with Crippen LogP contribution in [0.1, 0.15) is 54.4 Å². The number of carbonyl (C=O) groups is 2. The van der Waals surface area contributed by atoms with Crippen LogP contribution >= 0.6 is 11.6 Å². The number of primary amides is 1. The maximum atomic E-state index is 13.6. The molecule has 2 unspecified atom stereocenters. The Morgan fingerprint density at radius 3 is 2.65 bits per heavy atom. The molecule has 40 heavy (non-hydrogen) atoms. The van der Waals surface area contributed by atoms with Gasteiger partial charge in [-0.25, -0.2) is 9.97 Å². The summed E-state index contributed by atoms with van der Waals surface area (Å²) in [6.07, 6.45) is 6.81. The Morgan fingerprint density at radius 1 is 1.10 bits per heavy atom. The predicted octanol–water partition coefficient (Wildman–Crippen LogP) is 3.00. The van der Waals surface area contributed by atoms with Crippen molar-refractivity contribution in [3.8, 4) is 11.8 Å². The fourth-order valence-electron chi connectivity index (χ4n) is 6.07. The van der Waals surface area contributed by atoms with Crippen molar-refractivity contribution in [2.45, 2.75) is 57.3 Å². The van der Waals surface area contributed by atoms with E-state index < -0.39 is 18.1 Å². The van der Waals surface area contributed by atoms with Crippen LogP contribution in [0.4, 0.5) is 0 Å². The lowest BCUT2D eigenvalue weighted by atomic mass is 9.88. The summed E-state index contributed by atoms with van der Waals surface area (Å²) in [4.78, 5) is 35.2. The van der Waals surface area contributed by atoms with Crippen molar-refractivity contribution < 1.29 is 19.8 Å². The molecular formula is C30H34ClN5O4. The van der Waals surface area contributed by atoms with Crippen LogP contribution in [-0.4, -0.2) is 66.8 Å². The molecule has 210 valence electrons. The predicted molar refractivity (Wildman–Crippen MR) is 151 cm³/mol. The Kier molecular flexibility index (Phi) is 8.69. The van der Waals surface area contributed by atoms with E-state index in [4.69, 9.17) is 17.3 Å². The van der Waals surface area contributed by atoms with Gasteiger partial charge in [-0.3, -0.25) is 9.59 Å². The van der Waals surface area contributed by atoms with E-state index in [0.717, 1.165) is 37.5 Å². The minimum atomic E-state index is -0.966. The van der Waals surface area contributed by atoms with Crippen LogP contribution in [-0.2, 0) is 11.3 Å². The van der Waals surface area contributed by atoms with Gasteiger partial charge in [0.2, 0.25) is 11.8 Å². The van der Waals surface area contributed by atoms with Crippen LogP contribution in [0.15, 0.2) is 42.9 Å². The zero-order chi connectivity index (χ0) is 28.2. The Labute approximate surface area is 238 Å². The molecule has 9 nitrogen and oxygen atoms in total. The topological polar surface area (TPSA) is 135 Å². The van der Waals surface area contributed by atoms with Crippen LogP contribution in [0.5, 0.6) is 0 Å². The van der Waals surface area contributed by atoms with E-state index in [0.29, 0.717) is 41.4 Å². The molecule has 0 radical (unpaired) electrons. The molecule has 2 aromatic heterocycles. The minimum Gasteiger partial charge on any atom is -0.390 e. The SMILES string of the molecule is NC(=O)c1cccc(C#CCN(CC2CC(Cn3ccc4c(Cl)ncnc43)[C@H](O)[C@@H]2O)C(=O)C2CCCCC2)c1. The Balaban J connectivity index is 1.31. The van der Waals surface area contributed by atoms with Crippen molar-refractivity contribution in [3.05, 3.63) is 59.1 Å². The second kappa shape index (κ2) is 12.4. The van der Waals surface area contributed by atoms with Gasteiger partial charge in [-0.1, -0.05) is 48.8 Å². The third-order valence-electron chi connectivity index (χ3n) is 8.23. The molecule has 5 rings (SSSR count). The highest BCUT2D eigenvalue weighted by Crippen LogP contribution is 2.35. The number of hydrogen-bond acceptors (Lipinski definition) is 6. The van der Waals surface area contributed by atoms with E-state index in [1.807, 2.05) is 16.8 Å². The zero-order valence-corrected chi connectivity index (χ0v) is 23.0. The van der Waals surface area contributed by atoms with Crippen LogP contribution in [0.2, 0.25) is 5.15 Å². The normalized spacial score (nSPS) is 23.1. The number of aliphatic hydroxyl groups is 2. The van der Waals surface area contributed by atoms with Gasteiger partial charge in [0.25, 0.3) is 0 Å². The summed E-state index contributed by atoms with van der Waals surface area (Å²) < 4.78 is 1.92. The average molecular weight is 564 g/mol. The lowest BCUT2D eigenvalue weighted by Crippen LogP contribution is -2.42. The van der Waals surface area contributed by atoms with Crippen molar-refractivity contribution in [1.29, 1.82) is 0 Å². The summed E-state index contributed by atoms with van der Waals surface area (Å²) in [7, 11) is 0. The number of nitrogens with two attached hydrogens (primary N) is 1. The quantitative estimate of drug-likeness (QED) is 0.299. The largest absolute Gasteiger partial charge is 0.390 e. The summed E-state index contributed by atoms with van der Waals surface area (Å²) >= 11 is 6.19. The summed E-state index contributed by atoms with van der Waals surface area (Å²) in [5, 5.41) is 23.1. The Bertz CT molecular complexity index is 1440. The Morgan fingerprint density at radius 2 is 1.88 bits per heavy atom. The summed E-state index contributed by atoms with van der Waals surface area (Å²) in [6.45, 7) is 0.955. The average Bonchev–Trinajstić information content (AvgIpc) is 3.49. The monoisotopic (exact) mass is 563 g/mol. The third-order valence-corrected chi connectivity index (χ3v) is 8.53. The molecule has 0 spiro atoms. The molecule has 2 fully saturated rings. The first-order valence-electron chi connectivity index (χ1n) is 13.8. The van der Waals surface area contributed by atoms with Gasteiger partial charge in [-0.05, 0) is 43.5 Å². The second-order valence-electron chi connectivity index (χ2n) is 10.9. The van der Waals surface area contributed by atoms with E-state index in [9.17, 15) is 19.8 Å². The molecule has 3 aromatic rings. The second-order valence-corrected chi connectivity index (χ2v) is 11.3. The van der Waals surface area contributed by atoms with E-state index in [2.05, 4.69) is 21.8 Å². The van der Waals surface area contributed by atoms with E-state index >= 15 is 0 Å². The molecule has 1 aromatic carbocycles. The number of hydrogen-bond donors (Lipinski definition) is 3. The van der Waals surface area contributed by atoms with Gasteiger partial charge in [0.1, 0.15) is 17.1 Å². The molecule has 2 aliphatic rings. The highest BCUT2D eigenvalue weighted by molar-refractivity contribution is 6.33. The number of amides is 2. The van der Waals surface area contributed by atoms with Crippen LogP contribution in [0.25, 0.3) is 11.0 Å². The van der Waals surface area contributed by atoms with Crippen LogP contribution in [0, 0.1) is 29.6 Å². The maximum absolute atomic E-state index is 13.6. The number of nitrogens with zero attached hydrogens (tertiary/aromatic N) is 4. The number of aliphatic hydroxyl groups excluding tert-OH is 2. The fourth-order valence-corrected chi connectivity index (χ4v) is 6.26. The van der Waals surface area contributed by atoms with E-state index in [1.54, 1.807) is 29.2 Å². The third kappa shape index (κ3) is 6.15. The van der Waals surface area contributed by atoms with Gasteiger partial charge in [0, 0.05) is 48.2 Å². The van der Waals surface area contributed by atoms with Gasteiger partial charge in [-0.2, -0.15) is 0 Å². The summed E-state index contributed by atoms with van der Waals surface area (Å²) in [5.41, 5.74) is 7.08. The Hall–Kier alpha value is -3.45. The fraction of sp³-hybridized carbons (Fsp3) is 0.467. The van der Waals surface area contributed by atoms with E-state index in [-0.39, 0.29) is 30.2 Å². The van der Waals surface area contributed by atoms with Crippen molar-refractivity contribution in [2.24, 2.45) is 23.5 Å². The summed E-state index contributed by atoms with van der Waals surface area (Å²) in [5.74, 6) is 5.08. The lowest BCUT2D eigenvalue weighted by Gasteiger charge is -2.31. The molecule has 2 aliphatic carbocycles. The summed E-state index contributed by atoms with van der Waals surface area (Å²) in [6, 6.07) is 8.62. The molecule has 10 heteroatoms. The maximum Gasteiger partial charge on any atom is 0.248 e. The number of fused-ring (bicyclic) bond motifs is 1. The minimum absolute atomic E-state index is 0.0489. The molecule has 2 heterocycles. The van der Waals surface area contributed by atoms with Crippen LogP contribution in [0.3, 0.4) is 0 Å². The smallest absolute Gasteiger partial charge is 0.248 e. The van der Waals surface area contributed by atoms with E-state index in [1.165, 1.54) is 6.33 Å². The van der Waals surface area contributed by atoms with Gasteiger partial charge in [0.05, 0.1) is 24.1 Å². The molecule has 4 N–H and O–H groups in total. The molecule has 0 bridgehead atoms. The molecule has 0 saturated heterocycles. The van der Waals surface area contributed by atoms with Crippen molar-refractivity contribution >= 4 is 34.4 Å². The number of rotatable bonds is 7. The standard InChI is InChI=1S/C30H34ClN5O4/c31-27-24-11-13-35(29(24)34-18-33-27)16-22-15-23(26(38)25(22)37)17-36(30(40)20-8-2-1-3-9-20)12-5-7-19-6-4-10-21(14-19)28(32)39/h4,6,10-11,13-14,18,20,22-23,25-26,37-38H,1-3,8-9,12,15-17H2,(H2,32,39)/t22?,23?,25-,26+/m0/s1. The highest BCUT2D eigenvalue weighted by Gasteiger charge is 2.43. The molecular weight excluding hydrogens is 530 g/mol. The van der Waals surface area contributed by atoms with Gasteiger partial charge >= 0.3 is 0 Å². The first-order chi connectivity index (χ1) is 19.3. The number of benzene rings is 1. The van der Waals surface area contributed by atoms with Crippen molar-refractivity contribution in [1.82, 2.24) is 19.4 Å². The first-order valence-corrected chi connectivity index (χ1v) is 14.2. The van der Waals surface area contributed by atoms with Crippen molar-refractivity contribution in [2.75, 3.05) is 13.1 Å². The number of aromatic nitrogens is 3. The van der Waals surface area contributed by atoms with Gasteiger partial charge in [0.15, 0.2) is 0 Å². The highest BCUT2D eigenvalue weighted by atomic mass is 35.5. The van der Waals surface area contributed by atoms with Gasteiger partial charge < -0.3 is 25.4 Å². The lowest BCUT2D eigenvalue weighted by molar-refractivity contribution is -0.137. The molecule has 4 atom stereocenters. The zero-order valence-electron chi connectivity index (χ0n) is 22.2. The number of halogens is 1.